The monoisotopic (exact) mass is 539 g/mol. The second-order valence-corrected chi connectivity index (χ2v) is 14.3. The van der Waals surface area contributed by atoms with Crippen molar-refractivity contribution in [3.8, 4) is 0 Å². The first-order valence-corrected chi connectivity index (χ1v) is 16.4. The van der Waals surface area contributed by atoms with Gasteiger partial charge in [0.25, 0.3) is 0 Å². The molecule has 2 aromatic rings. The fraction of sp³-hybridized carbons (Fsp3) is 0.590. The highest BCUT2D eigenvalue weighted by atomic mass is 14.9. The summed E-state index contributed by atoms with van der Waals surface area (Å²) in [6, 6.07) is 16.2. The molecule has 2 aromatic carbocycles. The highest BCUT2D eigenvalue weighted by molar-refractivity contribution is 5.76. The van der Waals surface area contributed by atoms with Crippen LogP contribution in [0.5, 0.6) is 0 Å². The van der Waals surface area contributed by atoms with E-state index in [1.807, 2.05) is 0 Å². The van der Waals surface area contributed by atoms with Crippen LogP contribution in [-0.4, -0.2) is 13.1 Å². The summed E-state index contributed by atoms with van der Waals surface area (Å²) >= 11 is 0. The van der Waals surface area contributed by atoms with Gasteiger partial charge in [-0.1, -0.05) is 101 Å². The normalized spacial score (nSPS) is 20.2. The summed E-state index contributed by atoms with van der Waals surface area (Å²) in [5, 5.41) is 3.73. The predicted octanol–water partition coefficient (Wildman–Crippen LogP) is 10.8. The summed E-state index contributed by atoms with van der Waals surface area (Å²) < 4.78 is 0. The maximum absolute atomic E-state index is 4.05. The van der Waals surface area contributed by atoms with Crippen molar-refractivity contribution in [2.24, 2.45) is 17.3 Å². The second kappa shape index (κ2) is 14.2. The summed E-state index contributed by atoms with van der Waals surface area (Å²) in [5.41, 5.74) is 12.6. The van der Waals surface area contributed by atoms with Crippen molar-refractivity contribution < 1.29 is 0 Å². The molecular formula is C39H57N. The Kier molecular flexibility index (Phi) is 10.9. The van der Waals surface area contributed by atoms with Gasteiger partial charge < -0.3 is 5.32 Å². The van der Waals surface area contributed by atoms with E-state index in [0.717, 1.165) is 37.8 Å². The van der Waals surface area contributed by atoms with Crippen LogP contribution in [0, 0.1) is 24.2 Å². The van der Waals surface area contributed by atoms with E-state index < -0.39 is 0 Å². The highest BCUT2D eigenvalue weighted by Crippen LogP contribution is 2.54. The van der Waals surface area contributed by atoms with E-state index in [2.05, 4.69) is 95.9 Å². The van der Waals surface area contributed by atoms with E-state index in [1.165, 1.54) is 74.5 Å². The van der Waals surface area contributed by atoms with Crippen molar-refractivity contribution >= 4 is 5.57 Å². The average Bonchev–Trinajstić information content (AvgIpc) is 3.82. The third-order valence-electron chi connectivity index (χ3n) is 9.23. The highest BCUT2D eigenvalue weighted by Gasteiger charge is 2.38. The summed E-state index contributed by atoms with van der Waals surface area (Å²) in [6.07, 6.45) is 14.5. The Hall–Kier alpha value is -2.12. The topological polar surface area (TPSA) is 12.0 Å². The zero-order valence-corrected chi connectivity index (χ0v) is 26.7. The summed E-state index contributed by atoms with van der Waals surface area (Å²) in [4.78, 5) is 0. The minimum Gasteiger partial charge on any atom is -0.316 e. The first-order chi connectivity index (χ1) is 19.2. The van der Waals surface area contributed by atoms with Gasteiger partial charge in [0.05, 0.1) is 0 Å². The smallest absolute Gasteiger partial charge is 0.0313 e. The van der Waals surface area contributed by atoms with Crippen LogP contribution in [0.4, 0.5) is 0 Å². The molecule has 1 N–H and O–H groups in total. The van der Waals surface area contributed by atoms with Gasteiger partial charge in [0.2, 0.25) is 0 Å². The van der Waals surface area contributed by atoms with Crippen LogP contribution >= 0.6 is 0 Å². The quantitative estimate of drug-likeness (QED) is 0.156. The molecule has 0 aromatic heterocycles. The zero-order valence-electron chi connectivity index (χ0n) is 26.7. The molecule has 1 heteroatoms. The lowest BCUT2D eigenvalue weighted by Gasteiger charge is -2.20. The molecule has 0 spiro atoms. The number of fused-ring (bicyclic) bond motifs is 1. The van der Waals surface area contributed by atoms with Crippen LogP contribution in [-0.2, 0) is 6.42 Å². The molecule has 2 aliphatic rings. The first kappa shape index (κ1) is 30.8. The Balaban J connectivity index is 1.32. The molecule has 0 heterocycles. The van der Waals surface area contributed by atoms with E-state index in [-0.39, 0.29) is 0 Å². The molecule has 1 fully saturated rings. The second-order valence-electron chi connectivity index (χ2n) is 14.3. The number of aryl methyl sites for hydroxylation is 2. The van der Waals surface area contributed by atoms with Gasteiger partial charge in [0.15, 0.2) is 0 Å². The van der Waals surface area contributed by atoms with Crippen LogP contribution in [0.25, 0.3) is 5.57 Å². The molecular weight excluding hydrogens is 482 g/mol. The van der Waals surface area contributed by atoms with Gasteiger partial charge in [-0.3, -0.25) is 0 Å². The van der Waals surface area contributed by atoms with Crippen molar-refractivity contribution in [3.63, 3.8) is 0 Å². The molecule has 1 nitrogen and oxygen atoms in total. The Morgan fingerprint density at radius 1 is 0.950 bits per heavy atom. The van der Waals surface area contributed by atoms with E-state index >= 15 is 0 Å². The summed E-state index contributed by atoms with van der Waals surface area (Å²) in [6.45, 7) is 19.9. The lowest BCUT2D eigenvalue weighted by molar-refractivity contribution is 0.382. The van der Waals surface area contributed by atoms with Gasteiger partial charge in [-0.15, -0.1) is 6.58 Å². The van der Waals surface area contributed by atoms with Crippen molar-refractivity contribution in [1.29, 1.82) is 0 Å². The molecule has 0 radical (unpaired) electrons. The standard InChI is InChI=1S/C39H57N/c1-8-34(35(31-18-12-10-13-19-31)22-23-40-27-39(5,6)7)38-36-25-30(24-29(4)37(36)38)17-11-9-14-20-32-26-33(32)21-15-16-28(2)3/h10,12-13,18-19,24-25,32-33,38,40H,2,8-9,11,14-17,20-23,26-27H2,1,3-7H3/b35-34+. The van der Waals surface area contributed by atoms with Crippen LogP contribution in [0.2, 0.25) is 0 Å². The minimum atomic E-state index is 0.315. The number of benzene rings is 2. The van der Waals surface area contributed by atoms with Crippen molar-refractivity contribution in [1.82, 2.24) is 5.32 Å². The largest absolute Gasteiger partial charge is 0.316 e. The Morgan fingerprint density at radius 2 is 1.68 bits per heavy atom. The molecule has 3 unspecified atom stereocenters. The number of rotatable bonds is 17. The summed E-state index contributed by atoms with van der Waals surface area (Å²) in [5.74, 6) is 2.59. The number of nitrogens with one attached hydrogen (secondary N) is 1. The molecule has 0 amide bonds. The third-order valence-corrected chi connectivity index (χ3v) is 9.23. The van der Waals surface area contributed by atoms with Gasteiger partial charge in [-0.2, -0.15) is 0 Å². The van der Waals surface area contributed by atoms with Gasteiger partial charge in [-0.05, 0) is 122 Å². The lowest BCUT2D eigenvalue weighted by atomic mass is 9.90. The van der Waals surface area contributed by atoms with Gasteiger partial charge >= 0.3 is 0 Å². The van der Waals surface area contributed by atoms with E-state index in [1.54, 1.807) is 27.8 Å². The number of hydrogen-bond donors (Lipinski definition) is 1. The molecule has 0 aliphatic heterocycles. The summed E-state index contributed by atoms with van der Waals surface area (Å²) in [7, 11) is 0. The first-order valence-electron chi connectivity index (χ1n) is 16.4. The Labute approximate surface area is 247 Å². The van der Waals surface area contributed by atoms with E-state index in [0.29, 0.717) is 11.3 Å². The molecule has 218 valence electrons. The zero-order chi connectivity index (χ0) is 28.7. The average molecular weight is 540 g/mol. The molecule has 4 rings (SSSR count). The van der Waals surface area contributed by atoms with Crippen LogP contribution < -0.4 is 5.32 Å². The fourth-order valence-electron chi connectivity index (χ4n) is 6.95. The fourth-order valence-corrected chi connectivity index (χ4v) is 6.95. The Morgan fingerprint density at radius 3 is 2.35 bits per heavy atom. The van der Waals surface area contributed by atoms with Gasteiger partial charge in [0, 0.05) is 12.5 Å². The van der Waals surface area contributed by atoms with E-state index in [9.17, 15) is 0 Å². The van der Waals surface area contributed by atoms with E-state index in [4.69, 9.17) is 0 Å². The predicted molar refractivity (Wildman–Crippen MR) is 176 cm³/mol. The molecule has 40 heavy (non-hydrogen) atoms. The van der Waals surface area contributed by atoms with Crippen LogP contribution in [0.3, 0.4) is 0 Å². The third kappa shape index (κ3) is 8.94. The van der Waals surface area contributed by atoms with Gasteiger partial charge in [0.1, 0.15) is 0 Å². The maximum atomic E-state index is 4.05. The maximum Gasteiger partial charge on any atom is 0.0313 e. The minimum absolute atomic E-state index is 0.315. The molecule has 3 atom stereocenters. The molecule has 0 bridgehead atoms. The lowest BCUT2D eigenvalue weighted by Crippen LogP contribution is -2.27. The number of hydrogen-bond acceptors (Lipinski definition) is 1. The molecule has 1 saturated carbocycles. The van der Waals surface area contributed by atoms with Crippen molar-refractivity contribution in [2.45, 2.75) is 118 Å². The van der Waals surface area contributed by atoms with Crippen molar-refractivity contribution in [2.75, 3.05) is 13.1 Å². The van der Waals surface area contributed by atoms with Crippen LogP contribution in [0.1, 0.15) is 133 Å². The Bertz CT molecular complexity index is 1150. The van der Waals surface area contributed by atoms with Gasteiger partial charge in [-0.25, -0.2) is 0 Å². The van der Waals surface area contributed by atoms with Crippen LogP contribution in [0.15, 0.2) is 60.2 Å². The molecule has 0 saturated heterocycles. The number of unbranched alkanes of at least 4 members (excludes halogenated alkanes) is 2. The van der Waals surface area contributed by atoms with Crippen molar-refractivity contribution in [3.05, 3.63) is 88.0 Å². The SMILES string of the molecule is C=C(C)CCCC1CC1CCCCCc1cc(C)c2c(c1)C2/C(CC)=C(\CCNCC(C)(C)C)c1ccccc1. The number of allylic oxidation sites excluding steroid dienone is 2. The molecule has 2 aliphatic carbocycles.